The minimum Gasteiger partial charge on any atom is -0.383 e. The van der Waals surface area contributed by atoms with Gasteiger partial charge in [0, 0.05) is 7.05 Å². The molecule has 1 aromatic rings. The van der Waals surface area contributed by atoms with E-state index in [1.807, 2.05) is 0 Å². The predicted octanol–water partition coefficient (Wildman–Crippen LogP) is 0.187. The van der Waals surface area contributed by atoms with Gasteiger partial charge in [-0.1, -0.05) is 5.21 Å². The van der Waals surface area contributed by atoms with Crippen molar-refractivity contribution in [2.45, 2.75) is 24.9 Å². The fourth-order valence-electron chi connectivity index (χ4n) is 1.33. The van der Waals surface area contributed by atoms with Crippen LogP contribution in [0.25, 0.3) is 0 Å². The maximum absolute atomic E-state index is 9.78. The molecule has 2 rings (SSSR count). The molecule has 0 spiro atoms. The van der Waals surface area contributed by atoms with Crippen LogP contribution in [0.15, 0.2) is 6.20 Å². The minimum atomic E-state index is -0.658. The van der Waals surface area contributed by atoms with Crippen molar-refractivity contribution in [2.75, 3.05) is 0 Å². The molecule has 1 saturated carbocycles. The number of aryl methyl sites for hydroxylation is 1. The first-order chi connectivity index (χ1) is 5.21. The third kappa shape index (κ3) is 0.939. The van der Waals surface area contributed by atoms with Gasteiger partial charge in [-0.15, -0.1) is 5.10 Å². The van der Waals surface area contributed by atoms with Crippen LogP contribution in [0, 0.1) is 0 Å². The first-order valence-corrected chi connectivity index (χ1v) is 3.80. The van der Waals surface area contributed by atoms with Crippen LogP contribution in [-0.2, 0) is 12.6 Å². The number of nitrogens with zero attached hydrogens (tertiary/aromatic N) is 3. The molecule has 0 aromatic carbocycles. The summed E-state index contributed by atoms with van der Waals surface area (Å²) in [6.45, 7) is 0. The maximum Gasteiger partial charge on any atom is 0.114 e. The van der Waals surface area contributed by atoms with E-state index in [9.17, 15) is 5.11 Å². The Hall–Kier alpha value is -0.900. The topological polar surface area (TPSA) is 50.9 Å². The summed E-state index contributed by atoms with van der Waals surface area (Å²) in [4.78, 5) is 0. The first kappa shape index (κ1) is 6.79. The van der Waals surface area contributed by atoms with Gasteiger partial charge in [-0.05, 0) is 19.3 Å². The van der Waals surface area contributed by atoms with E-state index in [-0.39, 0.29) is 0 Å². The Kier molecular flexibility index (Phi) is 1.26. The molecule has 1 fully saturated rings. The van der Waals surface area contributed by atoms with E-state index in [1.165, 1.54) is 0 Å². The zero-order chi connectivity index (χ0) is 7.90. The van der Waals surface area contributed by atoms with Crippen molar-refractivity contribution >= 4 is 0 Å². The number of aliphatic hydroxyl groups is 1. The van der Waals surface area contributed by atoms with Crippen LogP contribution in [0.5, 0.6) is 0 Å². The number of hydrogen-bond donors (Lipinski definition) is 1. The van der Waals surface area contributed by atoms with Crippen molar-refractivity contribution in [3.05, 3.63) is 11.9 Å². The van der Waals surface area contributed by atoms with Crippen LogP contribution >= 0.6 is 0 Å². The fourth-order valence-corrected chi connectivity index (χ4v) is 1.33. The van der Waals surface area contributed by atoms with Crippen LogP contribution in [0.3, 0.4) is 0 Å². The van der Waals surface area contributed by atoms with Gasteiger partial charge in [0.1, 0.15) is 11.3 Å². The Morgan fingerprint density at radius 2 is 2.36 bits per heavy atom. The second-order valence-electron chi connectivity index (χ2n) is 3.16. The lowest BCUT2D eigenvalue weighted by Gasteiger charge is -2.34. The van der Waals surface area contributed by atoms with Gasteiger partial charge in [-0.2, -0.15) is 0 Å². The summed E-state index contributed by atoms with van der Waals surface area (Å²) in [5.41, 5.74) is 0.0556. The van der Waals surface area contributed by atoms with Crippen molar-refractivity contribution in [2.24, 2.45) is 7.05 Å². The molecule has 0 bridgehead atoms. The van der Waals surface area contributed by atoms with E-state index < -0.39 is 5.60 Å². The summed E-state index contributed by atoms with van der Waals surface area (Å²) in [7, 11) is 1.80. The average molecular weight is 153 g/mol. The van der Waals surface area contributed by atoms with Crippen molar-refractivity contribution in [1.82, 2.24) is 15.0 Å². The molecule has 1 aliphatic rings. The van der Waals surface area contributed by atoms with Gasteiger partial charge in [0.25, 0.3) is 0 Å². The summed E-state index contributed by atoms with van der Waals surface area (Å²) < 4.78 is 1.62. The third-order valence-electron chi connectivity index (χ3n) is 2.26. The fraction of sp³-hybridized carbons (Fsp3) is 0.714. The van der Waals surface area contributed by atoms with E-state index in [4.69, 9.17) is 0 Å². The van der Waals surface area contributed by atoms with Gasteiger partial charge in [0.15, 0.2) is 0 Å². The average Bonchev–Trinajstić information content (AvgIpc) is 2.31. The summed E-state index contributed by atoms with van der Waals surface area (Å²) >= 11 is 0. The molecular weight excluding hydrogens is 142 g/mol. The van der Waals surface area contributed by atoms with Gasteiger partial charge >= 0.3 is 0 Å². The quantitative estimate of drug-likeness (QED) is 0.626. The highest BCUT2D eigenvalue weighted by Crippen LogP contribution is 2.39. The number of rotatable bonds is 1. The van der Waals surface area contributed by atoms with Gasteiger partial charge in [0.05, 0.1) is 6.20 Å². The van der Waals surface area contributed by atoms with Crippen molar-refractivity contribution in [3.63, 3.8) is 0 Å². The molecule has 0 radical (unpaired) electrons. The Morgan fingerprint density at radius 1 is 1.64 bits per heavy atom. The minimum absolute atomic E-state index is 0.658. The summed E-state index contributed by atoms with van der Waals surface area (Å²) in [6.07, 6.45) is 4.52. The van der Waals surface area contributed by atoms with Crippen LogP contribution in [0.2, 0.25) is 0 Å². The first-order valence-electron chi connectivity index (χ1n) is 3.80. The van der Waals surface area contributed by atoms with Gasteiger partial charge in [-0.3, -0.25) is 4.68 Å². The van der Waals surface area contributed by atoms with Gasteiger partial charge in [0.2, 0.25) is 0 Å². The second-order valence-corrected chi connectivity index (χ2v) is 3.16. The van der Waals surface area contributed by atoms with Gasteiger partial charge in [-0.25, -0.2) is 0 Å². The molecule has 1 N–H and O–H groups in total. The Balaban J connectivity index is 2.28. The molecule has 1 aliphatic carbocycles. The molecule has 60 valence electrons. The standard InChI is InChI=1S/C7H11N3O/c1-10-5-6(8-9-10)7(11)3-2-4-7/h5,11H,2-4H2,1H3. The smallest absolute Gasteiger partial charge is 0.114 e. The number of hydrogen-bond acceptors (Lipinski definition) is 3. The maximum atomic E-state index is 9.78. The van der Waals surface area contributed by atoms with E-state index in [0.29, 0.717) is 5.69 Å². The summed E-state index contributed by atoms with van der Waals surface area (Å²) in [6, 6.07) is 0. The Morgan fingerprint density at radius 3 is 2.73 bits per heavy atom. The van der Waals surface area contributed by atoms with E-state index >= 15 is 0 Å². The molecule has 0 atom stereocenters. The highest BCUT2D eigenvalue weighted by atomic mass is 16.3. The highest BCUT2D eigenvalue weighted by molar-refractivity contribution is 5.10. The molecule has 0 saturated heterocycles. The zero-order valence-electron chi connectivity index (χ0n) is 6.49. The van der Waals surface area contributed by atoms with Crippen molar-refractivity contribution in [3.8, 4) is 0 Å². The second kappa shape index (κ2) is 2.04. The van der Waals surface area contributed by atoms with E-state index in [1.54, 1.807) is 17.9 Å². The van der Waals surface area contributed by atoms with E-state index in [0.717, 1.165) is 19.3 Å². The molecule has 4 nitrogen and oxygen atoms in total. The molecular formula is C7H11N3O. The SMILES string of the molecule is Cn1cc(C2(O)CCC2)nn1. The summed E-state index contributed by atoms with van der Waals surface area (Å²) in [5.74, 6) is 0. The molecule has 1 heterocycles. The van der Waals surface area contributed by atoms with Crippen molar-refractivity contribution in [1.29, 1.82) is 0 Å². The Bertz CT molecular complexity index is 264. The molecule has 1 aromatic heterocycles. The molecule has 4 heteroatoms. The molecule has 0 aliphatic heterocycles. The summed E-state index contributed by atoms with van der Waals surface area (Å²) in [5, 5.41) is 17.4. The monoisotopic (exact) mass is 153 g/mol. The van der Waals surface area contributed by atoms with Gasteiger partial charge < -0.3 is 5.11 Å². The zero-order valence-corrected chi connectivity index (χ0v) is 6.49. The van der Waals surface area contributed by atoms with E-state index in [2.05, 4.69) is 10.3 Å². The molecule has 0 unspecified atom stereocenters. The normalized spacial score (nSPS) is 21.3. The highest BCUT2D eigenvalue weighted by Gasteiger charge is 2.38. The van der Waals surface area contributed by atoms with Crippen molar-refractivity contribution < 1.29 is 5.11 Å². The van der Waals surface area contributed by atoms with Crippen LogP contribution in [-0.4, -0.2) is 20.1 Å². The van der Waals surface area contributed by atoms with Crippen LogP contribution in [0.4, 0.5) is 0 Å². The Labute approximate surface area is 64.8 Å². The third-order valence-corrected chi connectivity index (χ3v) is 2.26. The lowest BCUT2D eigenvalue weighted by Crippen LogP contribution is -2.34. The molecule has 11 heavy (non-hydrogen) atoms. The lowest BCUT2D eigenvalue weighted by atomic mass is 9.78. The lowest BCUT2D eigenvalue weighted by molar-refractivity contribution is -0.0427. The van der Waals surface area contributed by atoms with Crippen LogP contribution < -0.4 is 0 Å². The largest absolute Gasteiger partial charge is 0.383 e. The predicted molar refractivity (Wildman–Crippen MR) is 38.8 cm³/mol. The molecule has 0 amide bonds. The van der Waals surface area contributed by atoms with Crippen LogP contribution in [0.1, 0.15) is 25.0 Å². The number of aromatic nitrogens is 3.